The van der Waals surface area contributed by atoms with Gasteiger partial charge in [-0.25, -0.2) is 12.8 Å². The molecule has 0 saturated heterocycles. The van der Waals surface area contributed by atoms with E-state index in [-0.39, 0.29) is 35.2 Å². The van der Waals surface area contributed by atoms with Gasteiger partial charge in [0.05, 0.1) is 10.6 Å². The molecule has 0 unspecified atom stereocenters. The zero-order chi connectivity index (χ0) is 31.0. The van der Waals surface area contributed by atoms with Crippen molar-refractivity contribution in [3.8, 4) is 0 Å². The van der Waals surface area contributed by atoms with Crippen LogP contribution in [0, 0.1) is 5.82 Å². The van der Waals surface area contributed by atoms with E-state index in [1.807, 2.05) is 44.2 Å². The summed E-state index contributed by atoms with van der Waals surface area (Å²) in [6.07, 6.45) is 0.141. The average molecular weight is 667 g/mol. The molecule has 4 aromatic carbocycles. The van der Waals surface area contributed by atoms with Gasteiger partial charge >= 0.3 is 0 Å². The molecule has 2 amide bonds. The third-order valence-electron chi connectivity index (χ3n) is 6.71. The molecular formula is C33H33BrFN3O4S. The molecule has 0 saturated carbocycles. The largest absolute Gasteiger partial charge is 0.352 e. The Morgan fingerprint density at radius 2 is 1.49 bits per heavy atom. The molecule has 43 heavy (non-hydrogen) atoms. The number of nitrogens with zero attached hydrogens (tertiary/aromatic N) is 2. The first-order valence-electron chi connectivity index (χ1n) is 13.8. The van der Waals surface area contributed by atoms with Gasteiger partial charge in [0.1, 0.15) is 18.4 Å². The first-order valence-corrected chi connectivity index (χ1v) is 16.0. The first kappa shape index (κ1) is 31.9. The van der Waals surface area contributed by atoms with Crippen LogP contribution in [-0.2, 0) is 32.6 Å². The Hall–Kier alpha value is -4.02. The molecule has 0 aliphatic rings. The zero-order valence-electron chi connectivity index (χ0n) is 23.9. The van der Waals surface area contributed by atoms with Crippen LogP contribution in [0.2, 0.25) is 0 Å². The summed E-state index contributed by atoms with van der Waals surface area (Å²) < 4.78 is 44.5. The zero-order valence-corrected chi connectivity index (χ0v) is 26.3. The molecule has 0 spiro atoms. The maximum atomic E-state index is 14.9. The number of nitrogens with one attached hydrogen (secondary N) is 1. The third-order valence-corrected chi connectivity index (χ3v) is 8.99. The van der Waals surface area contributed by atoms with E-state index in [4.69, 9.17) is 0 Å². The number of hydrogen-bond donors (Lipinski definition) is 1. The van der Waals surface area contributed by atoms with Gasteiger partial charge in [-0.1, -0.05) is 88.7 Å². The standard InChI is InChI=1S/C33H33BrFN3O4S/c1-24(2)36-33(40)31(20-25-12-5-3-6-13-25)37(22-26-14-9-10-19-30(26)35)32(39)23-38(28-16-11-15-27(34)21-28)43(41,42)29-17-7-4-8-18-29/h3-19,21,24,31H,20,22-23H2,1-2H3,(H,36,40)/t31-/m1/s1. The van der Waals surface area contributed by atoms with Crippen molar-refractivity contribution in [3.63, 3.8) is 0 Å². The summed E-state index contributed by atoms with van der Waals surface area (Å²) in [6.45, 7) is 2.75. The highest BCUT2D eigenvalue weighted by Crippen LogP contribution is 2.27. The minimum atomic E-state index is -4.21. The number of amides is 2. The van der Waals surface area contributed by atoms with E-state index in [1.165, 1.54) is 23.1 Å². The topological polar surface area (TPSA) is 86.8 Å². The quantitative estimate of drug-likeness (QED) is 0.203. The van der Waals surface area contributed by atoms with Crippen LogP contribution in [0.25, 0.3) is 0 Å². The van der Waals surface area contributed by atoms with Crippen molar-refractivity contribution < 1.29 is 22.4 Å². The molecule has 0 aliphatic heterocycles. The molecule has 4 rings (SSSR count). The minimum absolute atomic E-state index is 0.00168. The second-order valence-corrected chi connectivity index (χ2v) is 13.1. The Morgan fingerprint density at radius 3 is 2.12 bits per heavy atom. The lowest BCUT2D eigenvalue weighted by Gasteiger charge is -2.34. The highest BCUT2D eigenvalue weighted by atomic mass is 79.9. The SMILES string of the molecule is CC(C)NC(=O)[C@@H](Cc1ccccc1)N(Cc1ccccc1F)C(=O)CN(c1cccc(Br)c1)S(=O)(=O)c1ccccc1. The van der Waals surface area contributed by atoms with Gasteiger partial charge in [-0.3, -0.25) is 13.9 Å². The van der Waals surface area contributed by atoms with Gasteiger partial charge in [0.2, 0.25) is 11.8 Å². The fraction of sp³-hybridized carbons (Fsp3) is 0.212. The summed E-state index contributed by atoms with van der Waals surface area (Å²) in [5.41, 5.74) is 1.24. The molecule has 10 heteroatoms. The minimum Gasteiger partial charge on any atom is -0.352 e. The molecule has 1 N–H and O–H groups in total. The molecule has 0 fully saturated rings. The summed E-state index contributed by atoms with van der Waals surface area (Å²) in [7, 11) is -4.21. The average Bonchev–Trinajstić information content (AvgIpc) is 2.99. The van der Waals surface area contributed by atoms with E-state index in [9.17, 15) is 22.4 Å². The second kappa shape index (κ2) is 14.4. The Kier molecular flexibility index (Phi) is 10.7. The van der Waals surface area contributed by atoms with E-state index in [0.29, 0.717) is 4.47 Å². The van der Waals surface area contributed by atoms with E-state index in [2.05, 4.69) is 21.2 Å². The van der Waals surface area contributed by atoms with Gasteiger partial charge in [0.25, 0.3) is 10.0 Å². The van der Waals surface area contributed by atoms with Crippen LogP contribution < -0.4 is 9.62 Å². The van der Waals surface area contributed by atoms with Crippen LogP contribution in [0.3, 0.4) is 0 Å². The third kappa shape index (κ3) is 8.30. The molecule has 0 aliphatic carbocycles. The molecule has 7 nitrogen and oxygen atoms in total. The van der Waals surface area contributed by atoms with E-state index < -0.39 is 40.2 Å². The summed E-state index contributed by atoms with van der Waals surface area (Å²) in [4.78, 5) is 29.3. The lowest BCUT2D eigenvalue weighted by molar-refractivity contribution is -0.140. The number of benzene rings is 4. The highest BCUT2D eigenvalue weighted by molar-refractivity contribution is 9.10. The van der Waals surface area contributed by atoms with Crippen LogP contribution in [0.5, 0.6) is 0 Å². The number of hydrogen-bond acceptors (Lipinski definition) is 4. The Morgan fingerprint density at radius 1 is 0.860 bits per heavy atom. The number of sulfonamides is 1. The molecule has 4 aromatic rings. The molecule has 1 atom stereocenters. The van der Waals surface area contributed by atoms with E-state index in [0.717, 1.165) is 9.87 Å². The lowest BCUT2D eigenvalue weighted by Crippen LogP contribution is -2.54. The van der Waals surface area contributed by atoms with E-state index >= 15 is 0 Å². The molecule has 0 aromatic heterocycles. The highest BCUT2D eigenvalue weighted by Gasteiger charge is 2.35. The molecule has 0 radical (unpaired) electrons. The van der Waals surface area contributed by atoms with E-state index in [1.54, 1.807) is 60.7 Å². The first-order chi connectivity index (χ1) is 20.6. The molecule has 0 heterocycles. The van der Waals surface area contributed by atoms with Gasteiger partial charge in [-0.15, -0.1) is 0 Å². The second-order valence-electron chi connectivity index (χ2n) is 10.3. The van der Waals surface area contributed by atoms with Crippen molar-refractivity contribution in [2.45, 2.75) is 43.8 Å². The van der Waals surface area contributed by atoms with Crippen LogP contribution in [0.4, 0.5) is 10.1 Å². The monoisotopic (exact) mass is 665 g/mol. The lowest BCUT2D eigenvalue weighted by atomic mass is 10.0. The fourth-order valence-corrected chi connectivity index (χ4v) is 6.44. The van der Waals surface area contributed by atoms with Gasteiger partial charge in [0, 0.05) is 29.0 Å². The van der Waals surface area contributed by atoms with Gasteiger partial charge in [0.15, 0.2) is 0 Å². The van der Waals surface area contributed by atoms with Gasteiger partial charge in [-0.2, -0.15) is 0 Å². The summed E-state index contributed by atoms with van der Waals surface area (Å²) in [6, 6.07) is 28.3. The van der Waals surface area contributed by atoms with Gasteiger partial charge < -0.3 is 10.2 Å². The van der Waals surface area contributed by atoms with Gasteiger partial charge in [-0.05, 0) is 55.8 Å². The van der Waals surface area contributed by atoms with Crippen molar-refractivity contribution in [2.24, 2.45) is 0 Å². The number of halogens is 2. The van der Waals surface area contributed by atoms with Crippen LogP contribution >= 0.6 is 15.9 Å². The summed E-state index contributed by atoms with van der Waals surface area (Å²) in [5.74, 6) is -1.63. The number of anilines is 1. The Balaban J connectivity index is 1.81. The Bertz CT molecular complexity index is 1650. The maximum absolute atomic E-state index is 14.9. The van der Waals surface area contributed by atoms with Crippen molar-refractivity contribution in [3.05, 3.63) is 131 Å². The van der Waals surface area contributed by atoms with Crippen molar-refractivity contribution in [1.29, 1.82) is 0 Å². The molecule has 0 bridgehead atoms. The summed E-state index contributed by atoms with van der Waals surface area (Å²) in [5, 5.41) is 2.88. The normalized spacial score (nSPS) is 12.0. The maximum Gasteiger partial charge on any atom is 0.264 e. The van der Waals surface area contributed by atoms with Crippen LogP contribution in [0.1, 0.15) is 25.0 Å². The van der Waals surface area contributed by atoms with Crippen LogP contribution in [-0.4, -0.2) is 43.8 Å². The summed E-state index contributed by atoms with van der Waals surface area (Å²) >= 11 is 3.39. The number of carbonyl (C=O) groups excluding carboxylic acids is 2. The molecule has 224 valence electrons. The van der Waals surface area contributed by atoms with Crippen LogP contribution in [0.15, 0.2) is 119 Å². The number of rotatable bonds is 12. The predicted molar refractivity (Wildman–Crippen MR) is 169 cm³/mol. The smallest absolute Gasteiger partial charge is 0.264 e. The Labute approximate surface area is 260 Å². The predicted octanol–water partition coefficient (Wildman–Crippen LogP) is 5.95. The number of carbonyl (C=O) groups is 2. The van der Waals surface area contributed by atoms with Crippen molar-refractivity contribution >= 4 is 43.5 Å². The van der Waals surface area contributed by atoms with Crippen molar-refractivity contribution in [1.82, 2.24) is 10.2 Å². The fourth-order valence-electron chi connectivity index (χ4n) is 4.62. The van der Waals surface area contributed by atoms with Crippen molar-refractivity contribution in [2.75, 3.05) is 10.8 Å². The molecular weight excluding hydrogens is 633 g/mol.